The lowest BCUT2D eigenvalue weighted by Crippen LogP contribution is -2.15. The minimum atomic E-state index is -0.382. The van der Waals surface area contributed by atoms with Gasteiger partial charge in [-0.05, 0) is 34.2 Å². The Hall–Kier alpha value is -1.80. The van der Waals surface area contributed by atoms with Crippen molar-refractivity contribution in [1.29, 1.82) is 0 Å². The number of hydrogen-bond acceptors (Lipinski definition) is 0. The first kappa shape index (κ1) is 17.6. The van der Waals surface area contributed by atoms with E-state index >= 15 is 0 Å². The number of fused-ring (bicyclic) bond motifs is 5. The Bertz CT molecular complexity index is 999. The van der Waals surface area contributed by atoms with E-state index in [4.69, 9.17) is 0 Å². The normalized spacial score (nSPS) is 15.5. The Morgan fingerprint density at radius 3 is 2.35 bits per heavy atom. The van der Waals surface area contributed by atoms with Crippen molar-refractivity contribution in [3.8, 4) is 11.3 Å². The molecule has 0 fully saturated rings. The van der Waals surface area contributed by atoms with Crippen LogP contribution in [0, 0.1) is 0 Å². The molecule has 0 bridgehead atoms. The van der Waals surface area contributed by atoms with Gasteiger partial charge in [0.1, 0.15) is 0 Å². The molecule has 3 aromatic rings. The van der Waals surface area contributed by atoms with Gasteiger partial charge in [0.05, 0.1) is 14.5 Å². The van der Waals surface area contributed by atoms with Crippen LogP contribution in [-0.2, 0) is 17.0 Å². The summed E-state index contributed by atoms with van der Waals surface area (Å²) in [5.41, 5.74) is 8.98. The fourth-order valence-corrected chi connectivity index (χ4v) is 5.54. The van der Waals surface area contributed by atoms with Crippen LogP contribution < -0.4 is 0 Å². The zero-order valence-corrected chi connectivity index (χ0v) is 18.2. The van der Waals surface area contributed by atoms with Gasteiger partial charge in [0, 0.05) is 28.0 Å². The van der Waals surface area contributed by atoms with Gasteiger partial charge >= 0.3 is 0 Å². The topological polar surface area (TPSA) is 4.93 Å². The molecule has 2 aromatic carbocycles. The molecular weight excluding hydrogens is 330 g/mol. The SMILES string of the molecule is C[Si](C)Cn1c2c(c3cc(C(C)(C)C)ccc31)C(C)(C)c1ccccc1-2. The predicted molar refractivity (Wildman–Crippen MR) is 116 cm³/mol. The first-order valence-electron chi connectivity index (χ1n) is 9.68. The van der Waals surface area contributed by atoms with Gasteiger partial charge in [-0.25, -0.2) is 0 Å². The molecule has 2 heteroatoms. The summed E-state index contributed by atoms with van der Waals surface area (Å²) < 4.78 is 2.62. The standard InChI is InChI=1S/C24H30NSi/c1-23(2,3)16-12-13-20-18(14-16)21-22(25(20)15-26(6)7)17-10-8-9-11-19(17)24(21,4)5/h8-14H,15H2,1-7H3. The second-order valence-electron chi connectivity index (χ2n) is 9.67. The van der Waals surface area contributed by atoms with Crippen molar-refractivity contribution in [3.63, 3.8) is 0 Å². The molecule has 0 saturated carbocycles. The van der Waals surface area contributed by atoms with Crippen LogP contribution >= 0.6 is 0 Å². The van der Waals surface area contributed by atoms with Gasteiger partial charge in [0.15, 0.2) is 0 Å². The van der Waals surface area contributed by atoms with E-state index in [2.05, 4.69) is 94.7 Å². The maximum absolute atomic E-state index is 2.62. The highest BCUT2D eigenvalue weighted by Crippen LogP contribution is 2.53. The summed E-state index contributed by atoms with van der Waals surface area (Å²) in [6, 6.07) is 16.2. The molecule has 1 aromatic heterocycles. The number of rotatable bonds is 2. The summed E-state index contributed by atoms with van der Waals surface area (Å²) in [4.78, 5) is 0. The van der Waals surface area contributed by atoms with E-state index in [0.29, 0.717) is 0 Å². The highest BCUT2D eigenvalue weighted by atomic mass is 28.3. The van der Waals surface area contributed by atoms with Crippen LogP contribution in [0.1, 0.15) is 51.3 Å². The van der Waals surface area contributed by atoms with Gasteiger partial charge in [0.25, 0.3) is 0 Å². The molecule has 0 saturated heterocycles. The third kappa shape index (κ3) is 2.42. The van der Waals surface area contributed by atoms with Crippen LogP contribution in [0.3, 0.4) is 0 Å². The van der Waals surface area contributed by atoms with E-state index in [1.165, 1.54) is 38.9 Å². The second-order valence-corrected chi connectivity index (χ2v) is 12.4. The minimum absolute atomic E-state index is 0.0559. The second kappa shape index (κ2) is 5.59. The minimum Gasteiger partial charge on any atom is -0.344 e. The Morgan fingerprint density at radius 1 is 1.00 bits per heavy atom. The maximum Gasteiger partial charge on any atom is 0.0661 e. The fourth-order valence-electron chi connectivity index (χ4n) is 4.58. The van der Waals surface area contributed by atoms with Gasteiger partial charge in [-0.3, -0.25) is 0 Å². The molecule has 1 radical (unpaired) electrons. The van der Waals surface area contributed by atoms with Gasteiger partial charge in [-0.2, -0.15) is 0 Å². The Balaban J connectivity index is 2.12. The molecular formula is C24H30NSi. The largest absolute Gasteiger partial charge is 0.344 e. The first-order valence-corrected chi connectivity index (χ1v) is 12.4. The predicted octanol–water partition coefficient (Wildman–Crippen LogP) is 6.54. The molecule has 0 amide bonds. The summed E-state index contributed by atoms with van der Waals surface area (Å²) >= 11 is 0. The molecule has 0 unspecified atom stereocenters. The van der Waals surface area contributed by atoms with Crippen LogP contribution in [0.25, 0.3) is 22.2 Å². The lowest BCUT2D eigenvalue weighted by molar-refractivity contribution is 0.591. The van der Waals surface area contributed by atoms with Crippen molar-refractivity contribution >= 4 is 19.7 Å². The Morgan fingerprint density at radius 2 is 1.69 bits per heavy atom. The zero-order valence-electron chi connectivity index (χ0n) is 17.2. The Kier molecular flexibility index (Phi) is 3.79. The number of benzene rings is 2. The van der Waals surface area contributed by atoms with E-state index in [9.17, 15) is 0 Å². The zero-order chi connectivity index (χ0) is 18.9. The summed E-state index contributed by atoms with van der Waals surface area (Å²) in [7, 11) is -0.382. The van der Waals surface area contributed by atoms with Gasteiger partial charge < -0.3 is 4.57 Å². The lowest BCUT2D eigenvalue weighted by atomic mass is 9.80. The number of hydrogen-bond donors (Lipinski definition) is 0. The molecule has 1 aliphatic carbocycles. The van der Waals surface area contributed by atoms with Crippen LogP contribution in [0.2, 0.25) is 13.1 Å². The summed E-state index contributed by atoms with van der Waals surface area (Å²) in [6.45, 7) is 16.6. The molecule has 1 heterocycles. The van der Waals surface area contributed by atoms with Crippen LogP contribution in [0.5, 0.6) is 0 Å². The summed E-state index contributed by atoms with van der Waals surface area (Å²) in [5, 5.41) is 1.46. The van der Waals surface area contributed by atoms with E-state index in [0.717, 1.165) is 6.17 Å². The van der Waals surface area contributed by atoms with E-state index in [-0.39, 0.29) is 19.6 Å². The van der Waals surface area contributed by atoms with Crippen molar-refractivity contribution in [2.45, 2.75) is 64.7 Å². The van der Waals surface area contributed by atoms with Crippen molar-refractivity contribution in [1.82, 2.24) is 4.57 Å². The molecule has 1 aliphatic rings. The average Bonchev–Trinajstić information content (AvgIpc) is 2.99. The van der Waals surface area contributed by atoms with Gasteiger partial charge in [-0.15, -0.1) is 0 Å². The van der Waals surface area contributed by atoms with Crippen molar-refractivity contribution in [3.05, 3.63) is 59.2 Å². The van der Waals surface area contributed by atoms with Gasteiger partial charge in [-0.1, -0.05) is 78.0 Å². The summed E-state index contributed by atoms with van der Waals surface area (Å²) in [5.74, 6) is 0. The average molecular weight is 361 g/mol. The molecule has 0 N–H and O–H groups in total. The van der Waals surface area contributed by atoms with E-state index in [1.807, 2.05) is 0 Å². The number of aromatic nitrogens is 1. The van der Waals surface area contributed by atoms with Gasteiger partial charge in [0.2, 0.25) is 0 Å². The van der Waals surface area contributed by atoms with Crippen LogP contribution in [0.15, 0.2) is 42.5 Å². The van der Waals surface area contributed by atoms with Crippen molar-refractivity contribution < 1.29 is 0 Å². The highest BCUT2D eigenvalue weighted by Gasteiger charge is 2.40. The first-order chi connectivity index (χ1) is 12.1. The quantitative estimate of drug-likeness (QED) is 0.457. The monoisotopic (exact) mass is 360 g/mol. The van der Waals surface area contributed by atoms with Crippen LogP contribution in [-0.4, -0.2) is 13.4 Å². The molecule has 26 heavy (non-hydrogen) atoms. The molecule has 0 aliphatic heterocycles. The maximum atomic E-state index is 2.62. The van der Waals surface area contributed by atoms with Crippen molar-refractivity contribution in [2.75, 3.05) is 0 Å². The van der Waals surface area contributed by atoms with E-state index in [1.54, 1.807) is 0 Å². The van der Waals surface area contributed by atoms with E-state index < -0.39 is 0 Å². The van der Waals surface area contributed by atoms with Crippen LogP contribution in [0.4, 0.5) is 0 Å². The molecule has 4 rings (SSSR count). The third-order valence-electron chi connectivity index (χ3n) is 5.88. The lowest BCUT2D eigenvalue weighted by Gasteiger charge is -2.23. The molecule has 0 spiro atoms. The molecule has 1 nitrogen and oxygen atoms in total. The molecule has 135 valence electrons. The van der Waals surface area contributed by atoms with Crippen molar-refractivity contribution in [2.24, 2.45) is 0 Å². The fraction of sp³-hybridized carbons (Fsp3) is 0.417. The summed E-state index contributed by atoms with van der Waals surface area (Å²) in [6.07, 6.45) is 1.16. The smallest absolute Gasteiger partial charge is 0.0661 e. The highest BCUT2D eigenvalue weighted by molar-refractivity contribution is 6.54. The Labute approximate surface area is 159 Å². The molecule has 0 atom stereocenters. The number of nitrogens with zero attached hydrogens (tertiary/aromatic N) is 1. The third-order valence-corrected chi connectivity index (χ3v) is 6.83.